The first-order valence-electron chi connectivity index (χ1n) is 10.3. The third-order valence-corrected chi connectivity index (χ3v) is 5.59. The zero-order chi connectivity index (χ0) is 20.2. The van der Waals surface area contributed by atoms with Crippen LogP contribution in [0.5, 0.6) is 0 Å². The molecule has 2 aromatic carbocycles. The monoisotopic (exact) mass is 394 g/mol. The maximum Gasteiger partial charge on any atom is 0.257 e. The Balaban J connectivity index is 1.39. The highest BCUT2D eigenvalue weighted by molar-refractivity contribution is 6.31. The van der Waals surface area contributed by atoms with Gasteiger partial charge in [-0.2, -0.15) is 0 Å². The molecule has 2 aliphatic rings. The SMILES string of the molecule is CCCCN1CCN(c2ccc(NC=C3C(=O)Nc4cccc(F)c43)cc2)CC1. The van der Waals surface area contributed by atoms with Crippen molar-refractivity contribution in [3.05, 3.63) is 60.0 Å². The minimum Gasteiger partial charge on any atom is -0.369 e. The largest absolute Gasteiger partial charge is 0.369 e. The van der Waals surface area contributed by atoms with E-state index in [2.05, 4.69) is 39.5 Å². The predicted octanol–water partition coefficient (Wildman–Crippen LogP) is 4.15. The van der Waals surface area contributed by atoms with E-state index in [4.69, 9.17) is 0 Å². The third-order valence-electron chi connectivity index (χ3n) is 5.59. The van der Waals surface area contributed by atoms with Crippen molar-refractivity contribution in [1.82, 2.24) is 4.90 Å². The average Bonchev–Trinajstić information content (AvgIpc) is 3.08. The van der Waals surface area contributed by atoms with Crippen LogP contribution in [0.4, 0.5) is 21.5 Å². The fourth-order valence-electron chi connectivity index (χ4n) is 3.88. The lowest BCUT2D eigenvalue weighted by Gasteiger charge is -2.36. The first-order chi connectivity index (χ1) is 14.2. The zero-order valence-corrected chi connectivity index (χ0v) is 16.7. The van der Waals surface area contributed by atoms with Crippen molar-refractivity contribution in [2.45, 2.75) is 19.8 Å². The number of rotatable bonds is 6. The van der Waals surface area contributed by atoms with Crippen molar-refractivity contribution in [3.8, 4) is 0 Å². The van der Waals surface area contributed by atoms with Crippen LogP contribution >= 0.6 is 0 Å². The van der Waals surface area contributed by atoms with Crippen molar-refractivity contribution >= 4 is 28.5 Å². The molecule has 2 heterocycles. The lowest BCUT2D eigenvalue weighted by molar-refractivity contribution is -0.110. The Bertz CT molecular complexity index is 902. The van der Waals surface area contributed by atoms with Gasteiger partial charge in [-0.1, -0.05) is 19.4 Å². The fraction of sp³-hybridized carbons (Fsp3) is 0.348. The Kier molecular flexibility index (Phi) is 5.81. The van der Waals surface area contributed by atoms with Gasteiger partial charge in [-0.05, 0) is 49.4 Å². The molecule has 2 aromatic rings. The highest BCUT2D eigenvalue weighted by atomic mass is 19.1. The van der Waals surface area contributed by atoms with Crippen molar-refractivity contribution in [2.24, 2.45) is 0 Å². The van der Waals surface area contributed by atoms with Crippen LogP contribution in [0.15, 0.2) is 48.7 Å². The van der Waals surface area contributed by atoms with Gasteiger partial charge in [-0.25, -0.2) is 4.39 Å². The van der Waals surface area contributed by atoms with E-state index in [0.717, 1.165) is 31.9 Å². The van der Waals surface area contributed by atoms with Crippen LogP contribution in [0, 0.1) is 5.82 Å². The van der Waals surface area contributed by atoms with Gasteiger partial charge >= 0.3 is 0 Å². The summed E-state index contributed by atoms with van der Waals surface area (Å²) in [6.45, 7) is 7.71. The Hall–Kier alpha value is -2.86. The number of amides is 1. The molecule has 6 heteroatoms. The molecule has 152 valence electrons. The first kappa shape index (κ1) is 19.5. The van der Waals surface area contributed by atoms with Crippen LogP contribution in [0.1, 0.15) is 25.3 Å². The summed E-state index contributed by atoms with van der Waals surface area (Å²) in [5, 5.41) is 5.82. The predicted molar refractivity (Wildman–Crippen MR) is 117 cm³/mol. The molecule has 0 atom stereocenters. The molecule has 0 aromatic heterocycles. The molecule has 0 bridgehead atoms. The maximum absolute atomic E-state index is 14.1. The maximum atomic E-state index is 14.1. The van der Waals surface area contributed by atoms with E-state index in [-0.39, 0.29) is 5.91 Å². The Morgan fingerprint density at radius 2 is 1.86 bits per heavy atom. The van der Waals surface area contributed by atoms with Gasteiger partial charge in [-0.15, -0.1) is 0 Å². The van der Waals surface area contributed by atoms with Gasteiger partial charge in [0.25, 0.3) is 5.91 Å². The van der Waals surface area contributed by atoms with Crippen molar-refractivity contribution < 1.29 is 9.18 Å². The van der Waals surface area contributed by atoms with Crippen molar-refractivity contribution in [1.29, 1.82) is 0 Å². The van der Waals surface area contributed by atoms with Crippen LogP contribution in [0.25, 0.3) is 5.57 Å². The Morgan fingerprint density at radius 3 is 2.59 bits per heavy atom. The normalized spacial score (nSPS) is 18.1. The minimum absolute atomic E-state index is 0.296. The fourth-order valence-corrected chi connectivity index (χ4v) is 3.88. The third kappa shape index (κ3) is 4.27. The summed E-state index contributed by atoms with van der Waals surface area (Å²) in [6, 6.07) is 12.8. The van der Waals surface area contributed by atoms with Crippen LogP contribution in [-0.2, 0) is 4.79 Å². The topological polar surface area (TPSA) is 47.6 Å². The summed E-state index contributed by atoms with van der Waals surface area (Å²) in [4.78, 5) is 17.1. The van der Waals surface area contributed by atoms with Crippen LogP contribution in [0.2, 0.25) is 0 Å². The molecule has 0 spiro atoms. The number of fused-ring (bicyclic) bond motifs is 1. The molecule has 0 unspecified atom stereocenters. The molecular weight excluding hydrogens is 367 g/mol. The number of nitrogens with zero attached hydrogens (tertiary/aromatic N) is 2. The van der Waals surface area contributed by atoms with Gasteiger partial charge in [0.2, 0.25) is 0 Å². The second kappa shape index (κ2) is 8.66. The smallest absolute Gasteiger partial charge is 0.257 e. The van der Waals surface area contributed by atoms with E-state index in [1.165, 1.54) is 31.1 Å². The number of nitrogens with one attached hydrogen (secondary N) is 2. The number of carbonyl (C=O) groups excluding carboxylic acids is 1. The van der Waals surface area contributed by atoms with Gasteiger partial charge < -0.3 is 15.5 Å². The molecule has 4 rings (SSSR count). The summed E-state index contributed by atoms with van der Waals surface area (Å²) < 4.78 is 14.1. The summed E-state index contributed by atoms with van der Waals surface area (Å²) in [6.07, 6.45) is 4.08. The van der Waals surface area contributed by atoms with Crippen molar-refractivity contribution in [2.75, 3.05) is 48.3 Å². The van der Waals surface area contributed by atoms with E-state index >= 15 is 0 Å². The molecule has 2 aliphatic heterocycles. The van der Waals surface area contributed by atoms with Gasteiger partial charge in [0.1, 0.15) is 5.82 Å². The quantitative estimate of drug-likeness (QED) is 0.723. The van der Waals surface area contributed by atoms with Gasteiger partial charge in [0.05, 0.1) is 11.3 Å². The molecule has 1 amide bonds. The summed E-state index contributed by atoms with van der Waals surface area (Å²) in [7, 11) is 0. The standard InChI is InChI=1S/C23H27FN4O/c1-2-3-11-27-12-14-28(15-13-27)18-9-7-17(8-10-18)25-16-19-22-20(24)5-4-6-21(22)26-23(19)29/h4-10,16,25H,2-3,11-15H2,1H3,(H,26,29). The van der Waals surface area contributed by atoms with Crippen molar-refractivity contribution in [3.63, 3.8) is 0 Å². The summed E-state index contributed by atoms with van der Waals surface area (Å²) in [5.74, 6) is -0.697. The van der Waals surface area contributed by atoms with Gasteiger partial charge in [-0.3, -0.25) is 9.69 Å². The number of anilines is 3. The molecule has 0 aliphatic carbocycles. The molecule has 1 fully saturated rings. The van der Waals surface area contributed by atoms with Crippen LogP contribution in [0.3, 0.4) is 0 Å². The summed E-state index contributed by atoms with van der Waals surface area (Å²) in [5.41, 5.74) is 3.21. The molecular formula is C23H27FN4O. The summed E-state index contributed by atoms with van der Waals surface area (Å²) >= 11 is 0. The van der Waals surface area contributed by atoms with Crippen LogP contribution < -0.4 is 15.5 Å². The zero-order valence-electron chi connectivity index (χ0n) is 16.7. The van der Waals surface area contributed by atoms with Gasteiger partial charge in [0, 0.05) is 49.3 Å². The number of hydrogen-bond donors (Lipinski definition) is 2. The van der Waals surface area contributed by atoms with E-state index in [0.29, 0.717) is 16.8 Å². The molecule has 0 radical (unpaired) electrons. The number of unbranched alkanes of at least 4 members (excludes halogenated alkanes) is 1. The van der Waals surface area contributed by atoms with E-state index < -0.39 is 5.82 Å². The average molecular weight is 394 g/mol. The lowest BCUT2D eigenvalue weighted by Crippen LogP contribution is -2.46. The lowest BCUT2D eigenvalue weighted by atomic mass is 10.1. The van der Waals surface area contributed by atoms with E-state index in [1.54, 1.807) is 18.3 Å². The number of benzene rings is 2. The second-order valence-corrected chi connectivity index (χ2v) is 7.55. The van der Waals surface area contributed by atoms with E-state index in [9.17, 15) is 9.18 Å². The number of hydrogen-bond acceptors (Lipinski definition) is 4. The second-order valence-electron chi connectivity index (χ2n) is 7.55. The minimum atomic E-state index is -0.401. The first-order valence-corrected chi connectivity index (χ1v) is 10.3. The molecule has 5 nitrogen and oxygen atoms in total. The Labute approximate surface area is 171 Å². The van der Waals surface area contributed by atoms with Gasteiger partial charge in [0.15, 0.2) is 0 Å². The Morgan fingerprint density at radius 1 is 1.10 bits per heavy atom. The highest BCUT2D eigenvalue weighted by Crippen LogP contribution is 2.33. The van der Waals surface area contributed by atoms with Crippen LogP contribution in [-0.4, -0.2) is 43.5 Å². The van der Waals surface area contributed by atoms with E-state index in [1.807, 2.05) is 12.1 Å². The molecule has 1 saturated heterocycles. The highest BCUT2D eigenvalue weighted by Gasteiger charge is 2.27. The molecule has 2 N–H and O–H groups in total. The number of piperazine rings is 1. The number of halogens is 1. The molecule has 29 heavy (non-hydrogen) atoms. The number of carbonyl (C=O) groups is 1. The molecule has 0 saturated carbocycles.